The molecule has 1 heterocycles. The van der Waals surface area contributed by atoms with Crippen LogP contribution in [0.2, 0.25) is 0 Å². The van der Waals surface area contributed by atoms with Crippen LogP contribution in [-0.4, -0.2) is 20.3 Å². The van der Waals surface area contributed by atoms with Crippen molar-refractivity contribution in [3.63, 3.8) is 0 Å². The van der Waals surface area contributed by atoms with Crippen LogP contribution in [0.5, 0.6) is 17.2 Å². The number of hydrogen-bond donors (Lipinski definition) is 0. The molecular weight excluding hydrogens is 336 g/mol. The Labute approximate surface area is 159 Å². The standard InChI is InChI=1S/C24H22O3/c1-15-7-8-17-14-21-24(27-12-11-26-21)23(19(17)13-15)22-18-6-4-3-5-16(18)9-10-20(22)25-2/h3-10,14-15H,11-13H2,1-2H3. The molecule has 0 bridgehead atoms. The predicted octanol–water partition coefficient (Wildman–Crippen LogP) is 5.49. The highest BCUT2D eigenvalue weighted by Gasteiger charge is 2.28. The first-order chi connectivity index (χ1) is 13.3. The van der Waals surface area contributed by atoms with E-state index in [-0.39, 0.29) is 0 Å². The number of ether oxygens (including phenoxy) is 3. The molecule has 0 saturated heterocycles. The minimum Gasteiger partial charge on any atom is -0.496 e. The van der Waals surface area contributed by atoms with Gasteiger partial charge in [0.1, 0.15) is 19.0 Å². The van der Waals surface area contributed by atoms with Crippen molar-refractivity contribution in [2.24, 2.45) is 5.92 Å². The van der Waals surface area contributed by atoms with Gasteiger partial charge in [-0.15, -0.1) is 0 Å². The van der Waals surface area contributed by atoms with Crippen LogP contribution >= 0.6 is 0 Å². The van der Waals surface area contributed by atoms with Gasteiger partial charge in [0.2, 0.25) is 0 Å². The molecule has 1 aliphatic heterocycles. The largest absolute Gasteiger partial charge is 0.496 e. The van der Waals surface area contributed by atoms with Crippen LogP contribution in [0.1, 0.15) is 18.1 Å². The Kier molecular flexibility index (Phi) is 3.82. The topological polar surface area (TPSA) is 27.7 Å². The first kappa shape index (κ1) is 16.2. The van der Waals surface area contributed by atoms with Gasteiger partial charge in [0.25, 0.3) is 0 Å². The minimum absolute atomic E-state index is 0.486. The summed E-state index contributed by atoms with van der Waals surface area (Å²) >= 11 is 0. The van der Waals surface area contributed by atoms with Crippen LogP contribution < -0.4 is 14.2 Å². The lowest BCUT2D eigenvalue weighted by molar-refractivity contribution is 0.172. The molecule has 0 aromatic heterocycles. The maximum Gasteiger partial charge on any atom is 0.169 e. The Morgan fingerprint density at radius 2 is 1.85 bits per heavy atom. The highest BCUT2D eigenvalue weighted by Crippen LogP contribution is 2.50. The highest BCUT2D eigenvalue weighted by molar-refractivity contribution is 6.03. The molecule has 3 nitrogen and oxygen atoms in total. The Hall–Kier alpha value is -2.94. The van der Waals surface area contributed by atoms with Crippen LogP contribution in [0.15, 0.2) is 48.5 Å². The zero-order valence-corrected chi connectivity index (χ0v) is 15.6. The van der Waals surface area contributed by atoms with E-state index in [0.29, 0.717) is 19.1 Å². The van der Waals surface area contributed by atoms with E-state index >= 15 is 0 Å². The van der Waals surface area contributed by atoms with E-state index in [4.69, 9.17) is 14.2 Å². The lowest BCUT2D eigenvalue weighted by atomic mass is 9.83. The van der Waals surface area contributed by atoms with E-state index in [9.17, 15) is 0 Å². The summed E-state index contributed by atoms with van der Waals surface area (Å²) in [6, 6.07) is 14.7. The van der Waals surface area contributed by atoms with Gasteiger partial charge >= 0.3 is 0 Å². The number of rotatable bonds is 2. The molecule has 1 aliphatic carbocycles. The Morgan fingerprint density at radius 1 is 1.00 bits per heavy atom. The molecular formula is C24H22O3. The van der Waals surface area contributed by atoms with Crippen molar-refractivity contribution in [2.75, 3.05) is 20.3 Å². The van der Waals surface area contributed by atoms with Gasteiger partial charge in [0.15, 0.2) is 11.5 Å². The Balaban J connectivity index is 1.91. The van der Waals surface area contributed by atoms with Gasteiger partial charge in [-0.05, 0) is 46.4 Å². The van der Waals surface area contributed by atoms with Crippen molar-refractivity contribution in [3.8, 4) is 28.4 Å². The molecule has 1 atom stereocenters. The molecule has 27 heavy (non-hydrogen) atoms. The number of fused-ring (bicyclic) bond motifs is 3. The van der Waals surface area contributed by atoms with Crippen molar-refractivity contribution in [1.29, 1.82) is 0 Å². The lowest BCUT2D eigenvalue weighted by Gasteiger charge is -2.28. The smallest absolute Gasteiger partial charge is 0.169 e. The Morgan fingerprint density at radius 3 is 2.74 bits per heavy atom. The average molecular weight is 358 g/mol. The zero-order valence-electron chi connectivity index (χ0n) is 15.6. The first-order valence-corrected chi connectivity index (χ1v) is 9.46. The molecule has 0 spiro atoms. The zero-order chi connectivity index (χ0) is 18.4. The van der Waals surface area contributed by atoms with Gasteiger partial charge in [-0.25, -0.2) is 0 Å². The molecule has 0 radical (unpaired) electrons. The fourth-order valence-corrected chi connectivity index (χ4v) is 4.21. The number of benzene rings is 3. The maximum absolute atomic E-state index is 6.15. The normalized spacial score (nSPS) is 17.6. The molecule has 0 saturated carbocycles. The second-order valence-electron chi connectivity index (χ2n) is 7.25. The summed E-state index contributed by atoms with van der Waals surface area (Å²) in [5, 5.41) is 2.36. The van der Waals surface area contributed by atoms with E-state index in [2.05, 4.69) is 61.5 Å². The molecule has 136 valence electrons. The fraction of sp³-hybridized carbons (Fsp3) is 0.250. The van der Waals surface area contributed by atoms with E-state index in [1.165, 1.54) is 21.9 Å². The van der Waals surface area contributed by atoms with Crippen LogP contribution in [0.25, 0.3) is 28.0 Å². The van der Waals surface area contributed by atoms with Gasteiger partial charge in [-0.3, -0.25) is 0 Å². The van der Waals surface area contributed by atoms with Crippen LogP contribution in [-0.2, 0) is 6.42 Å². The van der Waals surface area contributed by atoms with Gasteiger partial charge in [0, 0.05) is 11.1 Å². The quantitative estimate of drug-likeness (QED) is 0.606. The molecule has 3 aromatic rings. The second kappa shape index (κ2) is 6.34. The summed E-state index contributed by atoms with van der Waals surface area (Å²) in [4.78, 5) is 0. The van der Waals surface area contributed by atoms with E-state index < -0.39 is 0 Å². The minimum atomic E-state index is 0.486. The van der Waals surface area contributed by atoms with E-state index in [0.717, 1.165) is 34.8 Å². The third-order valence-electron chi connectivity index (χ3n) is 5.47. The summed E-state index contributed by atoms with van der Waals surface area (Å²) in [7, 11) is 1.73. The number of hydrogen-bond acceptors (Lipinski definition) is 3. The third-order valence-corrected chi connectivity index (χ3v) is 5.47. The van der Waals surface area contributed by atoms with Crippen molar-refractivity contribution >= 4 is 16.8 Å². The van der Waals surface area contributed by atoms with E-state index in [1.807, 2.05) is 0 Å². The molecule has 0 N–H and O–H groups in total. The van der Waals surface area contributed by atoms with Crippen molar-refractivity contribution < 1.29 is 14.2 Å². The summed E-state index contributed by atoms with van der Waals surface area (Å²) < 4.78 is 17.9. The third kappa shape index (κ3) is 2.57. The molecule has 0 fully saturated rings. The van der Waals surface area contributed by atoms with Crippen molar-refractivity contribution in [3.05, 3.63) is 59.7 Å². The van der Waals surface area contributed by atoms with Crippen LogP contribution in [0.4, 0.5) is 0 Å². The molecule has 3 aromatic carbocycles. The SMILES string of the molecule is COc1ccc2ccccc2c1-c1c2c(cc3c1OCCO3)C=CC(C)C2. The fourth-order valence-electron chi connectivity index (χ4n) is 4.21. The molecule has 2 aliphatic rings. The van der Waals surface area contributed by atoms with Crippen LogP contribution in [0, 0.1) is 5.92 Å². The second-order valence-corrected chi connectivity index (χ2v) is 7.25. The average Bonchev–Trinajstić information content (AvgIpc) is 2.71. The highest BCUT2D eigenvalue weighted by atomic mass is 16.6. The predicted molar refractivity (Wildman–Crippen MR) is 109 cm³/mol. The molecule has 3 heteroatoms. The van der Waals surface area contributed by atoms with Crippen LogP contribution in [0.3, 0.4) is 0 Å². The number of allylic oxidation sites excluding steroid dienone is 1. The van der Waals surface area contributed by atoms with Gasteiger partial charge in [-0.1, -0.05) is 49.4 Å². The summed E-state index contributed by atoms with van der Waals surface area (Å²) in [6.07, 6.45) is 5.45. The molecule has 5 rings (SSSR count). The summed E-state index contributed by atoms with van der Waals surface area (Å²) in [6.45, 7) is 3.40. The molecule has 1 unspecified atom stereocenters. The summed E-state index contributed by atoms with van der Waals surface area (Å²) in [5.41, 5.74) is 4.73. The van der Waals surface area contributed by atoms with Crippen molar-refractivity contribution in [1.82, 2.24) is 0 Å². The number of methoxy groups -OCH3 is 1. The first-order valence-electron chi connectivity index (χ1n) is 9.46. The Bertz CT molecular complexity index is 1060. The van der Waals surface area contributed by atoms with Gasteiger partial charge in [-0.2, -0.15) is 0 Å². The van der Waals surface area contributed by atoms with Gasteiger partial charge in [0.05, 0.1) is 7.11 Å². The lowest BCUT2D eigenvalue weighted by Crippen LogP contribution is -2.18. The monoisotopic (exact) mass is 358 g/mol. The maximum atomic E-state index is 6.15. The van der Waals surface area contributed by atoms with Gasteiger partial charge < -0.3 is 14.2 Å². The van der Waals surface area contributed by atoms with E-state index in [1.54, 1.807) is 7.11 Å². The summed E-state index contributed by atoms with van der Waals surface area (Å²) in [5.74, 6) is 3.02. The van der Waals surface area contributed by atoms with Crippen molar-refractivity contribution in [2.45, 2.75) is 13.3 Å². The molecule has 0 amide bonds.